The Morgan fingerprint density at radius 2 is 2.05 bits per heavy atom. The molecule has 1 aromatic rings. The fraction of sp³-hybridized carbons (Fsp3) is 0.500. The van der Waals surface area contributed by atoms with Crippen molar-refractivity contribution in [3.05, 3.63) is 28.8 Å². The predicted octanol–water partition coefficient (Wildman–Crippen LogP) is 2.35. The molecule has 0 aliphatic heterocycles. The first-order chi connectivity index (χ1) is 9.10. The van der Waals surface area contributed by atoms with Crippen molar-refractivity contribution >= 4 is 17.5 Å². The summed E-state index contributed by atoms with van der Waals surface area (Å²) in [5.41, 5.74) is 6.33. The summed E-state index contributed by atoms with van der Waals surface area (Å²) in [6, 6.07) is 5.50. The lowest BCUT2D eigenvalue weighted by atomic mass is 9.91. The highest BCUT2D eigenvalue weighted by atomic mass is 35.5. The summed E-state index contributed by atoms with van der Waals surface area (Å²) in [6.07, 6.45) is 3.76. The van der Waals surface area contributed by atoms with E-state index in [2.05, 4.69) is 5.32 Å². The molecule has 2 rings (SSSR count). The van der Waals surface area contributed by atoms with Crippen molar-refractivity contribution in [2.24, 2.45) is 5.73 Å². The number of nitrogens with two attached hydrogens (primary N) is 1. The van der Waals surface area contributed by atoms with Crippen molar-refractivity contribution in [3.63, 3.8) is 0 Å². The first-order valence-corrected chi connectivity index (χ1v) is 6.88. The zero-order valence-electron chi connectivity index (χ0n) is 11.0. The maximum absolute atomic E-state index is 12.2. The van der Waals surface area contributed by atoms with Crippen molar-refractivity contribution < 1.29 is 9.53 Å². The average molecular weight is 283 g/mol. The Hall–Kier alpha value is -1.26. The van der Waals surface area contributed by atoms with E-state index in [1.54, 1.807) is 25.3 Å². The van der Waals surface area contributed by atoms with Gasteiger partial charge in [-0.05, 0) is 43.9 Å². The zero-order chi connectivity index (χ0) is 13.8. The molecule has 1 fully saturated rings. The minimum Gasteiger partial charge on any atom is -0.496 e. The number of methoxy groups -OCH3 is 1. The molecule has 0 bridgehead atoms. The van der Waals surface area contributed by atoms with Gasteiger partial charge in [-0.1, -0.05) is 11.6 Å². The topological polar surface area (TPSA) is 64.3 Å². The highest BCUT2D eigenvalue weighted by Gasteiger charge is 2.22. The monoisotopic (exact) mass is 282 g/mol. The van der Waals surface area contributed by atoms with E-state index in [-0.39, 0.29) is 18.0 Å². The lowest BCUT2D eigenvalue weighted by molar-refractivity contribution is 0.0923. The van der Waals surface area contributed by atoms with Crippen LogP contribution in [0.1, 0.15) is 36.0 Å². The standard InChI is InChI=1S/C14H19ClN2O2/c1-19-13-7-2-9(15)8-12(13)14(18)17-11-5-3-10(16)4-6-11/h2,7-8,10-11H,3-6,16H2,1H3,(H,17,18). The third-order valence-corrected chi connectivity index (χ3v) is 3.75. The highest BCUT2D eigenvalue weighted by Crippen LogP contribution is 2.24. The van der Waals surface area contributed by atoms with Gasteiger partial charge in [-0.2, -0.15) is 0 Å². The summed E-state index contributed by atoms with van der Waals surface area (Å²) in [7, 11) is 1.54. The number of rotatable bonds is 3. The van der Waals surface area contributed by atoms with Crippen LogP contribution in [-0.4, -0.2) is 25.1 Å². The van der Waals surface area contributed by atoms with Crippen LogP contribution >= 0.6 is 11.6 Å². The van der Waals surface area contributed by atoms with Gasteiger partial charge in [0.2, 0.25) is 0 Å². The molecule has 19 heavy (non-hydrogen) atoms. The second-order valence-corrected chi connectivity index (χ2v) is 5.37. The van der Waals surface area contributed by atoms with Crippen LogP contribution in [0.3, 0.4) is 0 Å². The number of hydrogen-bond donors (Lipinski definition) is 2. The van der Waals surface area contributed by atoms with Crippen LogP contribution in [0, 0.1) is 0 Å². The Labute approximate surface area is 118 Å². The first kappa shape index (κ1) is 14.2. The molecule has 1 aliphatic carbocycles. The smallest absolute Gasteiger partial charge is 0.255 e. The normalized spacial score (nSPS) is 22.9. The van der Waals surface area contributed by atoms with E-state index in [4.69, 9.17) is 22.1 Å². The number of hydrogen-bond acceptors (Lipinski definition) is 3. The molecule has 0 aromatic heterocycles. The van der Waals surface area contributed by atoms with E-state index < -0.39 is 0 Å². The number of nitrogens with one attached hydrogen (secondary N) is 1. The Morgan fingerprint density at radius 3 is 2.68 bits per heavy atom. The molecule has 1 saturated carbocycles. The van der Waals surface area contributed by atoms with Gasteiger partial charge in [-0.3, -0.25) is 4.79 Å². The number of halogens is 1. The Balaban J connectivity index is 2.05. The molecule has 0 saturated heterocycles. The van der Waals surface area contributed by atoms with Crippen molar-refractivity contribution in [3.8, 4) is 5.75 Å². The van der Waals surface area contributed by atoms with Crippen molar-refractivity contribution in [2.45, 2.75) is 37.8 Å². The summed E-state index contributed by atoms with van der Waals surface area (Å²) >= 11 is 5.93. The Kier molecular flexibility index (Phi) is 4.66. The van der Waals surface area contributed by atoms with Gasteiger partial charge in [0.05, 0.1) is 12.7 Å². The molecule has 1 amide bonds. The van der Waals surface area contributed by atoms with Gasteiger partial charge in [-0.15, -0.1) is 0 Å². The van der Waals surface area contributed by atoms with E-state index in [0.29, 0.717) is 16.3 Å². The molecular weight excluding hydrogens is 264 g/mol. The molecule has 3 N–H and O–H groups in total. The van der Waals surface area contributed by atoms with Gasteiger partial charge in [0, 0.05) is 17.1 Å². The molecule has 0 heterocycles. The number of benzene rings is 1. The molecule has 0 atom stereocenters. The average Bonchev–Trinajstić information content (AvgIpc) is 2.41. The van der Waals surface area contributed by atoms with Gasteiger partial charge < -0.3 is 15.8 Å². The molecule has 104 valence electrons. The predicted molar refractivity (Wildman–Crippen MR) is 75.7 cm³/mol. The third-order valence-electron chi connectivity index (χ3n) is 3.51. The molecule has 1 aliphatic rings. The summed E-state index contributed by atoms with van der Waals surface area (Å²) < 4.78 is 5.19. The summed E-state index contributed by atoms with van der Waals surface area (Å²) in [5, 5.41) is 3.55. The van der Waals surface area contributed by atoms with Crippen molar-refractivity contribution in [1.29, 1.82) is 0 Å². The number of ether oxygens (including phenoxy) is 1. The number of carbonyl (C=O) groups is 1. The maximum Gasteiger partial charge on any atom is 0.255 e. The van der Waals surface area contributed by atoms with Gasteiger partial charge >= 0.3 is 0 Å². The Morgan fingerprint density at radius 1 is 1.37 bits per heavy atom. The van der Waals surface area contributed by atoms with Gasteiger partial charge in [-0.25, -0.2) is 0 Å². The number of amides is 1. The van der Waals surface area contributed by atoms with Gasteiger partial charge in [0.25, 0.3) is 5.91 Å². The molecule has 5 heteroatoms. The van der Waals surface area contributed by atoms with Crippen LogP contribution in [0.15, 0.2) is 18.2 Å². The van der Waals surface area contributed by atoms with Crippen LogP contribution < -0.4 is 15.8 Å². The first-order valence-electron chi connectivity index (χ1n) is 6.50. The fourth-order valence-corrected chi connectivity index (χ4v) is 2.56. The molecule has 4 nitrogen and oxygen atoms in total. The second-order valence-electron chi connectivity index (χ2n) is 4.93. The van der Waals surface area contributed by atoms with Crippen LogP contribution in [0.2, 0.25) is 5.02 Å². The highest BCUT2D eigenvalue weighted by molar-refractivity contribution is 6.31. The minimum absolute atomic E-state index is 0.139. The van der Waals surface area contributed by atoms with E-state index in [1.807, 2.05) is 0 Å². The van der Waals surface area contributed by atoms with E-state index in [0.717, 1.165) is 25.7 Å². The quantitative estimate of drug-likeness (QED) is 0.894. The van der Waals surface area contributed by atoms with E-state index >= 15 is 0 Å². The summed E-state index contributed by atoms with van der Waals surface area (Å²) in [5.74, 6) is 0.397. The maximum atomic E-state index is 12.2. The lowest BCUT2D eigenvalue weighted by Gasteiger charge is -2.27. The van der Waals surface area contributed by atoms with Crippen molar-refractivity contribution in [1.82, 2.24) is 5.32 Å². The summed E-state index contributed by atoms with van der Waals surface area (Å²) in [4.78, 5) is 12.2. The molecular formula is C14H19ClN2O2. The van der Waals surface area contributed by atoms with Gasteiger partial charge in [0.15, 0.2) is 0 Å². The van der Waals surface area contributed by atoms with Crippen molar-refractivity contribution in [2.75, 3.05) is 7.11 Å². The number of carbonyl (C=O) groups excluding carboxylic acids is 1. The molecule has 1 aromatic carbocycles. The Bertz CT molecular complexity index is 457. The van der Waals surface area contributed by atoms with E-state index in [9.17, 15) is 4.79 Å². The van der Waals surface area contributed by atoms with E-state index in [1.165, 1.54) is 0 Å². The second kappa shape index (κ2) is 6.26. The van der Waals surface area contributed by atoms with Gasteiger partial charge in [0.1, 0.15) is 5.75 Å². The zero-order valence-corrected chi connectivity index (χ0v) is 11.7. The lowest BCUT2D eigenvalue weighted by Crippen LogP contribution is -2.40. The minimum atomic E-state index is -0.139. The fourth-order valence-electron chi connectivity index (χ4n) is 2.38. The molecule has 0 spiro atoms. The third kappa shape index (κ3) is 3.61. The molecule has 0 unspecified atom stereocenters. The SMILES string of the molecule is COc1ccc(Cl)cc1C(=O)NC1CCC(N)CC1. The van der Waals surface area contributed by atoms with Crippen LogP contribution in [0.4, 0.5) is 0 Å². The van der Waals surface area contributed by atoms with Crippen LogP contribution in [0.25, 0.3) is 0 Å². The van der Waals surface area contributed by atoms with Crippen LogP contribution in [-0.2, 0) is 0 Å². The summed E-state index contributed by atoms with van der Waals surface area (Å²) in [6.45, 7) is 0. The van der Waals surface area contributed by atoms with Crippen LogP contribution in [0.5, 0.6) is 5.75 Å². The molecule has 0 radical (unpaired) electrons. The largest absolute Gasteiger partial charge is 0.496 e.